The number of esters is 1. The summed E-state index contributed by atoms with van der Waals surface area (Å²) >= 11 is 0. The summed E-state index contributed by atoms with van der Waals surface area (Å²) in [5.74, 6) is -2.77. The largest absolute Gasteiger partial charge is 0.467 e. The summed E-state index contributed by atoms with van der Waals surface area (Å²) < 4.78 is 46.3. The second kappa shape index (κ2) is 10.1. The molecule has 0 aliphatic heterocycles. The minimum Gasteiger partial charge on any atom is -0.467 e. The third-order valence-corrected chi connectivity index (χ3v) is 6.11. The molecule has 3 unspecified atom stereocenters. The van der Waals surface area contributed by atoms with Crippen LogP contribution in [-0.2, 0) is 19.1 Å². The maximum Gasteiger partial charge on any atom is 0.411 e. The molecule has 0 spiro atoms. The van der Waals surface area contributed by atoms with Crippen molar-refractivity contribution in [1.82, 2.24) is 16.0 Å². The molecule has 2 aromatic rings. The lowest BCUT2D eigenvalue weighted by Gasteiger charge is -2.34. The van der Waals surface area contributed by atoms with Crippen LogP contribution >= 0.6 is 0 Å². The lowest BCUT2D eigenvalue weighted by Crippen LogP contribution is -2.62. The van der Waals surface area contributed by atoms with Crippen molar-refractivity contribution >= 4 is 17.8 Å². The Morgan fingerprint density at radius 3 is 1.94 bits per heavy atom. The van der Waals surface area contributed by atoms with Gasteiger partial charge in [-0.1, -0.05) is 48.5 Å². The molecule has 1 aliphatic rings. The number of fused-ring (bicyclic) bond motifs is 3. The number of ether oxygens (including phenoxy) is 1. The van der Waals surface area contributed by atoms with Crippen molar-refractivity contribution < 1.29 is 32.3 Å². The summed E-state index contributed by atoms with van der Waals surface area (Å²) in [6.07, 6.45) is -6.04. The van der Waals surface area contributed by atoms with E-state index in [9.17, 15) is 27.6 Å². The average molecular weight is 492 g/mol. The lowest BCUT2D eigenvalue weighted by atomic mass is 9.95. The molecule has 3 N–H and O–H groups in total. The van der Waals surface area contributed by atoms with Gasteiger partial charge in [0.05, 0.1) is 25.6 Å². The van der Waals surface area contributed by atoms with Gasteiger partial charge in [0.25, 0.3) is 0 Å². The fourth-order valence-corrected chi connectivity index (χ4v) is 4.11. The fourth-order valence-electron chi connectivity index (χ4n) is 4.11. The van der Waals surface area contributed by atoms with Crippen LogP contribution in [0.15, 0.2) is 48.5 Å². The molecular formula is C25H28F3N3O4. The molecule has 0 aromatic heterocycles. The molecule has 35 heavy (non-hydrogen) atoms. The van der Waals surface area contributed by atoms with E-state index in [2.05, 4.69) is 15.4 Å². The molecule has 3 rings (SSSR count). The number of carbonyl (C=O) groups excluding carboxylic acids is 3. The zero-order chi connectivity index (χ0) is 26.0. The van der Waals surface area contributed by atoms with Gasteiger partial charge in [0.15, 0.2) is 0 Å². The number of amides is 2. The standard InChI is InChI=1S/C25H28F3N3O4/c1-14(30-21-18-11-7-5-9-16(18)17-10-6-8-12-19(17)21)22(33)31-24(3,25(26,27)28)13-20(32)29-15(2)23(34)35-4/h5-12,14-15,21,30H,13H2,1-4H3,(H,29,32)(H,31,33). The molecule has 0 fully saturated rings. The first-order chi connectivity index (χ1) is 16.4. The summed E-state index contributed by atoms with van der Waals surface area (Å²) in [6.45, 7) is 3.49. The lowest BCUT2D eigenvalue weighted by molar-refractivity contribution is -0.196. The van der Waals surface area contributed by atoms with E-state index < -0.39 is 48.0 Å². The topological polar surface area (TPSA) is 96.5 Å². The van der Waals surface area contributed by atoms with Crippen molar-refractivity contribution in [2.45, 2.75) is 57.0 Å². The van der Waals surface area contributed by atoms with E-state index in [0.29, 0.717) is 0 Å². The van der Waals surface area contributed by atoms with Gasteiger partial charge in [0, 0.05) is 0 Å². The quantitative estimate of drug-likeness (QED) is 0.493. The van der Waals surface area contributed by atoms with Gasteiger partial charge in [-0.05, 0) is 43.0 Å². The molecule has 2 amide bonds. The van der Waals surface area contributed by atoms with Crippen molar-refractivity contribution in [3.63, 3.8) is 0 Å². The van der Waals surface area contributed by atoms with E-state index in [0.717, 1.165) is 36.3 Å². The zero-order valence-electron chi connectivity index (χ0n) is 19.8. The molecule has 0 heterocycles. The molecule has 10 heteroatoms. The van der Waals surface area contributed by atoms with Gasteiger partial charge < -0.3 is 15.4 Å². The third-order valence-electron chi connectivity index (χ3n) is 6.11. The van der Waals surface area contributed by atoms with Gasteiger partial charge in [0.2, 0.25) is 11.8 Å². The summed E-state index contributed by atoms with van der Waals surface area (Å²) in [4.78, 5) is 36.6. The second-order valence-electron chi connectivity index (χ2n) is 8.80. The van der Waals surface area contributed by atoms with E-state index in [1.165, 1.54) is 13.8 Å². The first-order valence-corrected chi connectivity index (χ1v) is 11.1. The van der Waals surface area contributed by atoms with E-state index in [-0.39, 0.29) is 6.04 Å². The van der Waals surface area contributed by atoms with Crippen molar-refractivity contribution in [1.29, 1.82) is 0 Å². The molecule has 7 nitrogen and oxygen atoms in total. The van der Waals surface area contributed by atoms with Crippen molar-refractivity contribution in [2.24, 2.45) is 0 Å². The highest BCUT2D eigenvalue weighted by molar-refractivity contribution is 5.87. The first-order valence-electron chi connectivity index (χ1n) is 11.1. The van der Waals surface area contributed by atoms with E-state index >= 15 is 0 Å². The minimum absolute atomic E-state index is 0.385. The first kappa shape index (κ1) is 26.2. The van der Waals surface area contributed by atoms with Crippen LogP contribution in [0.4, 0.5) is 13.2 Å². The third kappa shape index (κ3) is 5.48. The van der Waals surface area contributed by atoms with Crippen LogP contribution in [0.2, 0.25) is 0 Å². The average Bonchev–Trinajstić information content (AvgIpc) is 3.11. The number of rotatable bonds is 8. The van der Waals surface area contributed by atoms with Crippen LogP contribution in [-0.4, -0.2) is 48.7 Å². The van der Waals surface area contributed by atoms with Crippen LogP contribution in [0.3, 0.4) is 0 Å². The van der Waals surface area contributed by atoms with Crippen molar-refractivity contribution in [2.75, 3.05) is 7.11 Å². The highest BCUT2D eigenvalue weighted by Crippen LogP contribution is 2.43. The van der Waals surface area contributed by atoms with Gasteiger partial charge in [-0.15, -0.1) is 0 Å². The molecule has 0 saturated carbocycles. The normalized spacial score (nSPS) is 16.3. The van der Waals surface area contributed by atoms with Gasteiger partial charge >= 0.3 is 12.1 Å². The molecule has 2 aromatic carbocycles. The number of nitrogens with one attached hydrogen (secondary N) is 3. The maximum absolute atomic E-state index is 13.9. The Morgan fingerprint density at radius 2 is 1.46 bits per heavy atom. The summed E-state index contributed by atoms with van der Waals surface area (Å²) in [6, 6.07) is 12.7. The van der Waals surface area contributed by atoms with Gasteiger partial charge in [-0.25, -0.2) is 4.79 Å². The Kier molecular flexibility index (Phi) is 7.54. The molecule has 1 aliphatic carbocycles. The molecule has 3 atom stereocenters. The zero-order valence-corrected chi connectivity index (χ0v) is 19.8. The van der Waals surface area contributed by atoms with Gasteiger partial charge in [-0.2, -0.15) is 13.2 Å². The SMILES string of the molecule is COC(=O)C(C)NC(=O)CC(C)(NC(=O)C(C)NC1c2ccccc2-c2ccccc21)C(F)(F)F. The number of benzene rings is 2. The predicted molar refractivity (Wildman–Crippen MR) is 123 cm³/mol. The van der Waals surface area contributed by atoms with E-state index in [4.69, 9.17) is 0 Å². The molecule has 0 saturated heterocycles. The Morgan fingerprint density at radius 1 is 0.943 bits per heavy atom. The van der Waals surface area contributed by atoms with Gasteiger partial charge in [-0.3, -0.25) is 14.9 Å². The van der Waals surface area contributed by atoms with Crippen LogP contribution in [0.25, 0.3) is 11.1 Å². The number of methoxy groups -OCH3 is 1. The highest BCUT2D eigenvalue weighted by atomic mass is 19.4. The fraction of sp³-hybridized carbons (Fsp3) is 0.400. The molecule has 0 radical (unpaired) electrons. The number of hydrogen-bond donors (Lipinski definition) is 3. The van der Waals surface area contributed by atoms with Crippen molar-refractivity contribution in [3.8, 4) is 11.1 Å². The number of halogens is 3. The van der Waals surface area contributed by atoms with Gasteiger partial charge in [0.1, 0.15) is 11.6 Å². The predicted octanol–water partition coefficient (Wildman–Crippen LogP) is 3.24. The molecule has 188 valence electrons. The van der Waals surface area contributed by atoms with E-state index in [1.54, 1.807) is 0 Å². The summed E-state index contributed by atoms with van der Waals surface area (Å²) in [7, 11) is 1.10. The number of alkyl halides is 3. The number of hydrogen-bond acceptors (Lipinski definition) is 5. The Bertz CT molecular complexity index is 1080. The smallest absolute Gasteiger partial charge is 0.411 e. The van der Waals surface area contributed by atoms with E-state index in [1.807, 2.05) is 53.8 Å². The Hall–Kier alpha value is -3.40. The van der Waals surface area contributed by atoms with Crippen molar-refractivity contribution in [3.05, 3.63) is 59.7 Å². The molecule has 0 bridgehead atoms. The van der Waals surface area contributed by atoms with Crippen LogP contribution in [0.1, 0.15) is 44.4 Å². The highest BCUT2D eigenvalue weighted by Gasteiger charge is 2.53. The molecular weight excluding hydrogens is 463 g/mol. The monoisotopic (exact) mass is 491 g/mol. The summed E-state index contributed by atoms with van der Waals surface area (Å²) in [5, 5.41) is 7.29. The number of carbonyl (C=O) groups is 3. The maximum atomic E-state index is 13.9. The second-order valence-corrected chi connectivity index (χ2v) is 8.80. The van der Waals surface area contributed by atoms with Crippen LogP contribution < -0.4 is 16.0 Å². The van der Waals surface area contributed by atoms with Crippen LogP contribution in [0.5, 0.6) is 0 Å². The minimum atomic E-state index is -4.93. The Balaban J connectivity index is 1.75. The van der Waals surface area contributed by atoms with Crippen LogP contribution in [0, 0.1) is 0 Å². The Labute approximate surface area is 201 Å². The summed E-state index contributed by atoms with van der Waals surface area (Å²) in [5.41, 5.74) is 0.964.